The number of anilines is 1. The van der Waals surface area contributed by atoms with E-state index in [9.17, 15) is 4.79 Å². The molecule has 0 amide bonds. The average Bonchev–Trinajstić information content (AvgIpc) is 2.71. The van der Waals surface area contributed by atoms with Gasteiger partial charge in [0.1, 0.15) is 10.2 Å². The molecule has 2 aromatic heterocycles. The lowest BCUT2D eigenvalue weighted by Gasteiger charge is -2.06. The van der Waals surface area contributed by atoms with Crippen LogP contribution in [0.4, 0.5) is 5.69 Å². The summed E-state index contributed by atoms with van der Waals surface area (Å²) >= 11 is 3.22. The third kappa shape index (κ3) is 2.55. The Morgan fingerprint density at radius 1 is 1.53 bits per heavy atom. The van der Waals surface area contributed by atoms with Crippen LogP contribution in [0.5, 0.6) is 0 Å². The van der Waals surface area contributed by atoms with E-state index in [1.54, 1.807) is 19.4 Å². The summed E-state index contributed by atoms with van der Waals surface area (Å²) in [6, 6.07) is 0. The van der Waals surface area contributed by atoms with Gasteiger partial charge < -0.3 is 9.73 Å². The second-order valence-corrected chi connectivity index (χ2v) is 4.31. The van der Waals surface area contributed by atoms with E-state index in [4.69, 9.17) is 4.42 Å². The maximum atomic E-state index is 11.6. The summed E-state index contributed by atoms with van der Waals surface area (Å²) in [6.45, 7) is 2.23. The molecule has 0 bridgehead atoms. The molecule has 0 atom stereocenters. The minimum atomic E-state index is -0.196. The molecule has 1 N–H and O–H groups in total. The van der Waals surface area contributed by atoms with Crippen LogP contribution in [0.2, 0.25) is 0 Å². The minimum absolute atomic E-state index is 0.196. The average molecular weight is 299 g/mol. The summed E-state index contributed by atoms with van der Waals surface area (Å²) in [5.74, 6) is 1.32. The van der Waals surface area contributed by atoms with Crippen LogP contribution >= 0.6 is 15.9 Å². The molecule has 17 heavy (non-hydrogen) atoms. The monoisotopic (exact) mass is 298 g/mol. The molecule has 2 aromatic rings. The van der Waals surface area contributed by atoms with Gasteiger partial charge in [0, 0.05) is 7.05 Å². The summed E-state index contributed by atoms with van der Waals surface area (Å²) in [7, 11) is 1.59. The van der Waals surface area contributed by atoms with Crippen LogP contribution in [-0.2, 0) is 13.6 Å². The molecule has 6 nitrogen and oxygen atoms in total. The largest absolute Gasteiger partial charge is 0.444 e. The standard InChI is InChI=1S/C10H11BrN4O2/c1-6-3-13-8(17-6)5-12-7-4-14-15(2)10(16)9(7)11/h3-4,12H,5H2,1-2H3. The smallest absolute Gasteiger partial charge is 0.282 e. The van der Waals surface area contributed by atoms with E-state index in [2.05, 4.69) is 31.3 Å². The van der Waals surface area contributed by atoms with Gasteiger partial charge in [-0.15, -0.1) is 0 Å². The summed E-state index contributed by atoms with van der Waals surface area (Å²) in [4.78, 5) is 15.6. The lowest BCUT2D eigenvalue weighted by molar-refractivity contribution is 0.479. The minimum Gasteiger partial charge on any atom is -0.444 e. The first-order chi connectivity index (χ1) is 8.08. The van der Waals surface area contributed by atoms with Crippen molar-refractivity contribution in [1.29, 1.82) is 0 Å². The van der Waals surface area contributed by atoms with Crippen LogP contribution in [0.25, 0.3) is 0 Å². The highest BCUT2D eigenvalue weighted by Crippen LogP contribution is 2.16. The Hall–Kier alpha value is -1.63. The van der Waals surface area contributed by atoms with Gasteiger partial charge >= 0.3 is 0 Å². The molecule has 0 saturated carbocycles. The highest BCUT2D eigenvalue weighted by Gasteiger charge is 2.07. The van der Waals surface area contributed by atoms with E-state index in [0.29, 0.717) is 22.6 Å². The maximum absolute atomic E-state index is 11.6. The number of hydrogen-bond donors (Lipinski definition) is 1. The first-order valence-corrected chi connectivity index (χ1v) is 5.74. The third-order valence-corrected chi connectivity index (χ3v) is 2.94. The Morgan fingerprint density at radius 3 is 2.94 bits per heavy atom. The van der Waals surface area contributed by atoms with Crippen molar-refractivity contribution >= 4 is 21.6 Å². The van der Waals surface area contributed by atoms with Crippen molar-refractivity contribution in [3.8, 4) is 0 Å². The lowest BCUT2D eigenvalue weighted by atomic mass is 10.4. The fourth-order valence-corrected chi connectivity index (χ4v) is 1.79. The number of nitrogens with one attached hydrogen (secondary N) is 1. The van der Waals surface area contributed by atoms with Gasteiger partial charge in [-0.3, -0.25) is 4.79 Å². The predicted octanol–water partition coefficient (Wildman–Crippen LogP) is 1.45. The number of aromatic nitrogens is 3. The summed E-state index contributed by atoms with van der Waals surface area (Å²) in [5.41, 5.74) is 0.419. The number of halogens is 1. The Morgan fingerprint density at radius 2 is 2.29 bits per heavy atom. The number of oxazole rings is 1. The zero-order valence-corrected chi connectivity index (χ0v) is 11.0. The molecule has 7 heteroatoms. The fourth-order valence-electron chi connectivity index (χ4n) is 1.29. The number of nitrogens with zero attached hydrogens (tertiary/aromatic N) is 3. The summed E-state index contributed by atoms with van der Waals surface area (Å²) in [6.07, 6.45) is 3.22. The molecule has 2 heterocycles. The van der Waals surface area contributed by atoms with Crippen LogP contribution in [0.1, 0.15) is 11.7 Å². The Kier molecular flexibility index (Phi) is 3.28. The molecular weight excluding hydrogens is 288 g/mol. The predicted molar refractivity (Wildman–Crippen MR) is 65.7 cm³/mol. The van der Waals surface area contributed by atoms with Crippen LogP contribution < -0.4 is 10.9 Å². The van der Waals surface area contributed by atoms with Gasteiger partial charge in [-0.2, -0.15) is 5.10 Å². The van der Waals surface area contributed by atoms with E-state index in [0.717, 1.165) is 5.76 Å². The zero-order valence-electron chi connectivity index (χ0n) is 9.40. The Balaban J connectivity index is 2.15. The van der Waals surface area contributed by atoms with Gasteiger partial charge in [-0.1, -0.05) is 0 Å². The summed E-state index contributed by atoms with van der Waals surface area (Å²) in [5, 5.41) is 6.95. The van der Waals surface area contributed by atoms with Gasteiger partial charge in [0.05, 0.1) is 24.6 Å². The molecule has 90 valence electrons. The zero-order chi connectivity index (χ0) is 12.4. The molecule has 0 aromatic carbocycles. The maximum Gasteiger partial charge on any atom is 0.282 e. The van der Waals surface area contributed by atoms with Gasteiger partial charge in [0.25, 0.3) is 5.56 Å². The van der Waals surface area contributed by atoms with E-state index in [1.165, 1.54) is 4.68 Å². The lowest BCUT2D eigenvalue weighted by Crippen LogP contribution is -2.21. The highest BCUT2D eigenvalue weighted by atomic mass is 79.9. The van der Waals surface area contributed by atoms with Crippen molar-refractivity contribution in [2.45, 2.75) is 13.5 Å². The van der Waals surface area contributed by atoms with E-state index < -0.39 is 0 Å². The van der Waals surface area contributed by atoms with Gasteiger partial charge in [-0.05, 0) is 22.9 Å². The van der Waals surface area contributed by atoms with E-state index in [1.807, 2.05) is 6.92 Å². The molecular formula is C10H11BrN4O2. The number of rotatable bonds is 3. The van der Waals surface area contributed by atoms with Crippen molar-refractivity contribution in [1.82, 2.24) is 14.8 Å². The van der Waals surface area contributed by atoms with Crippen molar-refractivity contribution in [3.63, 3.8) is 0 Å². The van der Waals surface area contributed by atoms with Crippen LogP contribution in [0.15, 0.2) is 26.1 Å². The molecule has 0 aliphatic rings. The van der Waals surface area contributed by atoms with Crippen LogP contribution in [-0.4, -0.2) is 14.8 Å². The molecule has 0 saturated heterocycles. The Bertz CT molecular complexity index is 590. The number of aryl methyl sites for hydroxylation is 2. The topological polar surface area (TPSA) is 73.0 Å². The third-order valence-electron chi connectivity index (χ3n) is 2.18. The molecule has 2 rings (SSSR count). The quantitative estimate of drug-likeness (QED) is 0.928. The second-order valence-electron chi connectivity index (χ2n) is 3.52. The van der Waals surface area contributed by atoms with Gasteiger partial charge in [-0.25, -0.2) is 9.67 Å². The second kappa shape index (κ2) is 4.70. The SMILES string of the molecule is Cc1cnc(CNc2cnn(C)c(=O)c2Br)o1. The molecule has 0 fully saturated rings. The summed E-state index contributed by atoms with van der Waals surface area (Å²) < 4.78 is 7.00. The van der Waals surface area contributed by atoms with Crippen molar-refractivity contribution in [2.75, 3.05) is 5.32 Å². The first-order valence-electron chi connectivity index (χ1n) is 4.95. The van der Waals surface area contributed by atoms with Gasteiger partial charge in [0.15, 0.2) is 0 Å². The molecule has 0 unspecified atom stereocenters. The molecule has 0 aliphatic heterocycles. The van der Waals surface area contributed by atoms with Crippen molar-refractivity contribution < 1.29 is 4.42 Å². The number of hydrogen-bond acceptors (Lipinski definition) is 5. The normalized spacial score (nSPS) is 10.5. The molecule has 0 aliphatic carbocycles. The van der Waals surface area contributed by atoms with Crippen molar-refractivity contribution in [3.05, 3.63) is 38.9 Å². The first kappa shape index (κ1) is 11.8. The van der Waals surface area contributed by atoms with Crippen LogP contribution in [0, 0.1) is 6.92 Å². The van der Waals surface area contributed by atoms with E-state index >= 15 is 0 Å². The van der Waals surface area contributed by atoms with Gasteiger partial charge in [0.2, 0.25) is 5.89 Å². The van der Waals surface area contributed by atoms with Crippen LogP contribution in [0.3, 0.4) is 0 Å². The Labute approximate surface area is 106 Å². The highest BCUT2D eigenvalue weighted by molar-refractivity contribution is 9.10. The van der Waals surface area contributed by atoms with E-state index in [-0.39, 0.29) is 5.56 Å². The fraction of sp³-hybridized carbons (Fsp3) is 0.300. The molecule has 0 radical (unpaired) electrons. The molecule has 0 spiro atoms. The van der Waals surface area contributed by atoms with Crippen molar-refractivity contribution in [2.24, 2.45) is 7.05 Å².